The van der Waals surface area contributed by atoms with E-state index in [4.69, 9.17) is 20.2 Å². The number of carbonyl (C=O) groups is 3. The molecular weight excluding hydrogens is 583 g/mol. The summed E-state index contributed by atoms with van der Waals surface area (Å²) in [5.41, 5.74) is 7.41. The summed E-state index contributed by atoms with van der Waals surface area (Å²) in [6.45, 7) is 8.49. The summed E-state index contributed by atoms with van der Waals surface area (Å²) in [6, 6.07) is 1.45. The maximum Gasteiger partial charge on any atom is 0.343 e. The van der Waals surface area contributed by atoms with Gasteiger partial charge in [-0.3, -0.25) is 14.4 Å². The summed E-state index contributed by atoms with van der Waals surface area (Å²) in [5.74, 6) is -2.13. The van der Waals surface area contributed by atoms with E-state index < -0.39 is 52.5 Å². The number of ether oxygens (including phenoxy) is 2. The number of nitrogens with two attached hydrogens (primary N) is 1. The smallest absolute Gasteiger partial charge is 0.343 e. The van der Waals surface area contributed by atoms with Gasteiger partial charge in [-0.15, -0.1) is 0 Å². The lowest BCUT2D eigenvalue weighted by Crippen LogP contribution is -2.44. The van der Waals surface area contributed by atoms with Crippen molar-refractivity contribution < 1.29 is 33.4 Å². The third-order valence-corrected chi connectivity index (χ3v) is 9.11. The number of aliphatic hydroxyl groups is 1. The Hall–Kier alpha value is -4.16. The Morgan fingerprint density at radius 1 is 1.27 bits per heavy atom. The van der Waals surface area contributed by atoms with Crippen molar-refractivity contribution in [3.63, 3.8) is 0 Å². The van der Waals surface area contributed by atoms with Gasteiger partial charge >= 0.3 is 11.9 Å². The topological polar surface area (TPSA) is 163 Å². The zero-order valence-corrected chi connectivity index (χ0v) is 26.0. The van der Waals surface area contributed by atoms with E-state index in [9.17, 15) is 24.3 Å². The normalized spacial score (nSPS) is 20.6. The molecule has 0 saturated heterocycles. The lowest BCUT2D eigenvalue weighted by atomic mass is 9.81. The summed E-state index contributed by atoms with van der Waals surface area (Å²) in [5, 5.41) is 15.0. The van der Waals surface area contributed by atoms with Gasteiger partial charge in [0.05, 0.1) is 41.1 Å². The molecule has 2 aliphatic heterocycles. The third-order valence-electron chi connectivity index (χ3n) is 9.11. The molecule has 3 atom stereocenters. The molecule has 4 N–H and O–H groups in total. The van der Waals surface area contributed by atoms with Gasteiger partial charge in [0.25, 0.3) is 5.56 Å². The van der Waals surface area contributed by atoms with Crippen molar-refractivity contribution in [3.05, 3.63) is 61.7 Å². The minimum absolute atomic E-state index is 0.00111. The molecule has 0 radical (unpaired) electrons. The average molecular weight is 621 g/mol. The molecule has 238 valence electrons. The largest absolute Gasteiger partial charge is 0.460 e. The van der Waals surface area contributed by atoms with Crippen LogP contribution in [0.4, 0.5) is 4.39 Å². The highest BCUT2D eigenvalue weighted by Gasteiger charge is 2.46. The molecule has 1 aliphatic carbocycles. The van der Waals surface area contributed by atoms with Crippen LogP contribution in [0.3, 0.4) is 0 Å². The Kier molecular flexibility index (Phi) is 7.36. The number of amides is 1. The quantitative estimate of drug-likeness (QED) is 0.275. The maximum atomic E-state index is 15.1. The summed E-state index contributed by atoms with van der Waals surface area (Å²) >= 11 is 0. The SMILES string of the molecule is CC[C@@]1(O)C(=O)OCc2c1cc1n(c2=O)Cc2c-1nc1cc(F)c(C)c3c1c2[C@@H](NC(=O)[C@@H](N)CCC(=O)OC(C)(C)C)CC3. The van der Waals surface area contributed by atoms with E-state index in [2.05, 4.69) is 5.32 Å². The molecule has 0 unspecified atom stereocenters. The van der Waals surface area contributed by atoms with Crippen LogP contribution in [-0.4, -0.2) is 44.1 Å². The number of nitrogens with one attached hydrogen (secondary N) is 1. The van der Waals surface area contributed by atoms with Gasteiger partial charge in [-0.2, -0.15) is 0 Å². The molecule has 45 heavy (non-hydrogen) atoms. The molecule has 3 aromatic rings. The number of aryl methyl sites for hydroxylation is 1. The fourth-order valence-corrected chi connectivity index (χ4v) is 6.77. The lowest BCUT2D eigenvalue weighted by molar-refractivity contribution is -0.172. The molecule has 1 aromatic carbocycles. The molecule has 0 fully saturated rings. The van der Waals surface area contributed by atoms with Gasteiger partial charge in [0.2, 0.25) is 5.91 Å². The van der Waals surface area contributed by atoms with Crippen molar-refractivity contribution in [1.29, 1.82) is 0 Å². The van der Waals surface area contributed by atoms with E-state index in [1.165, 1.54) is 10.6 Å². The summed E-state index contributed by atoms with van der Waals surface area (Å²) in [4.78, 5) is 56.8. The van der Waals surface area contributed by atoms with Crippen LogP contribution in [0.25, 0.3) is 22.3 Å². The first-order valence-electron chi connectivity index (χ1n) is 15.2. The number of pyridine rings is 2. The van der Waals surface area contributed by atoms with Crippen LogP contribution in [0.15, 0.2) is 16.9 Å². The number of halogens is 1. The monoisotopic (exact) mass is 620 g/mol. The van der Waals surface area contributed by atoms with Crippen LogP contribution in [-0.2, 0) is 49.0 Å². The molecule has 3 aliphatic rings. The van der Waals surface area contributed by atoms with Gasteiger partial charge in [-0.1, -0.05) is 6.92 Å². The molecule has 11 nitrogen and oxygen atoms in total. The van der Waals surface area contributed by atoms with Gasteiger partial charge in [0.1, 0.15) is 18.0 Å². The molecular formula is C33H37FN4O7. The molecule has 1 amide bonds. The fourth-order valence-electron chi connectivity index (χ4n) is 6.77. The molecule has 4 heterocycles. The van der Waals surface area contributed by atoms with E-state index in [1.807, 2.05) is 0 Å². The van der Waals surface area contributed by atoms with E-state index in [1.54, 1.807) is 40.7 Å². The van der Waals surface area contributed by atoms with Crippen LogP contribution in [0.5, 0.6) is 0 Å². The molecule has 0 spiro atoms. The average Bonchev–Trinajstić information content (AvgIpc) is 3.35. The fraction of sp³-hybridized carbons (Fsp3) is 0.485. The number of aromatic nitrogens is 2. The number of benzene rings is 1. The van der Waals surface area contributed by atoms with E-state index >= 15 is 4.39 Å². The lowest BCUT2D eigenvalue weighted by Gasteiger charge is -2.31. The first kappa shape index (κ1) is 30.8. The number of rotatable bonds is 6. The van der Waals surface area contributed by atoms with Crippen molar-refractivity contribution in [1.82, 2.24) is 14.9 Å². The second-order valence-corrected chi connectivity index (χ2v) is 13.1. The highest BCUT2D eigenvalue weighted by molar-refractivity contribution is 5.94. The number of hydrogen-bond donors (Lipinski definition) is 3. The molecule has 0 saturated carbocycles. The number of nitrogens with zero attached hydrogens (tertiary/aromatic N) is 2. The minimum Gasteiger partial charge on any atom is -0.460 e. The Morgan fingerprint density at radius 3 is 2.69 bits per heavy atom. The minimum atomic E-state index is -1.99. The number of hydrogen-bond acceptors (Lipinski definition) is 9. The first-order chi connectivity index (χ1) is 21.1. The zero-order chi connectivity index (χ0) is 32.6. The molecule has 0 bridgehead atoms. The predicted octanol–water partition coefficient (Wildman–Crippen LogP) is 3.08. The van der Waals surface area contributed by atoms with Crippen molar-refractivity contribution in [2.75, 3.05) is 0 Å². The maximum absolute atomic E-state index is 15.1. The Labute approximate surface area is 258 Å². The van der Waals surface area contributed by atoms with Gasteiger partial charge in [-0.05, 0) is 76.1 Å². The van der Waals surface area contributed by atoms with Crippen LogP contribution in [0, 0.1) is 12.7 Å². The third kappa shape index (κ3) is 5.00. The van der Waals surface area contributed by atoms with Crippen molar-refractivity contribution >= 4 is 28.7 Å². The zero-order valence-electron chi connectivity index (χ0n) is 26.0. The highest BCUT2D eigenvalue weighted by Crippen LogP contribution is 2.46. The van der Waals surface area contributed by atoms with E-state index in [0.29, 0.717) is 40.9 Å². The van der Waals surface area contributed by atoms with Crippen molar-refractivity contribution in [3.8, 4) is 11.4 Å². The Bertz CT molecular complexity index is 1860. The number of fused-ring (bicyclic) bond motifs is 5. The van der Waals surface area contributed by atoms with Gasteiger partial charge in [0, 0.05) is 29.0 Å². The molecule has 2 aromatic heterocycles. The summed E-state index contributed by atoms with van der Waals surface area (Å²) in [7, 11) is 0. The van der Waals surface area contributed by atoms with Crippen LogP contribution in [0.1, 0.15) is 92.8 Å². The van der Waals surface area contributed by atoms with Crippen LogP contribution >= 0.6 is 0 Å². The van der Waals surface area contributed by atoms with Crippen molar-refractivity contribution in [2.24, 2.45) is 5.73 Å². The predicted molar refractivity (Wildman–Crippen MR) is 161 cm³/mol. The second kappa shape index (κ2) is 10.7. The first-order valence-corrected chi connectivity index (χ1v) is 15.2. The van der Waals surface area contributed by atoms with Gasteiger partial charge in [-0.25, -0.2) is 14.2 Å². The summed E-state index contributed by atoms with van der Waals surface area (Å²) in [6.07, 6.45) is 1.00. The highest BCUT2D eigenvalue weighted by atomic mass is 19.1. The van der Waals surface area contributed by atoms with Gasteiger partial charge in [0.15, 0.2) is 5.60 Å². The standard InChI is InChI=1S/C33H37FN4O7/c1-6-33(43)19-11-24-28-17(13-38(24)30(41)18(19)14-44-31(33)42)27-22(9-7-16-15(2)20(34)12-23(36-28)26(16)27)37-29(40)21(35)8-10-25(39)45-32(3,4)5/h11-12,21-22,43H,6-10,13-14,35H2,1-5H3,(H,37,40)/t21-,22-,33-/m0/s1. The van der Waals surface area contributed by atoms with Crippen LogP contribution in [0.2, 0.25) is 0 Å². The molecule has 12 heteroatoms. The van der Waals surface area contributed by atoms with Crippen LogP contribution < -0.4 is 16.6 Å². The second-order valence-electron chi connectivity index (χ2n) is 13.1. The summed E-state index contributed by atoms with van der Waals surface area (Å²) < 4.78 is 27.2. The Morgan fingerprint density at radius 2 is 2.00 bits per heavy atom. The number of cyclic esters (lactones) is 1. The van der Waals surface area contributed by atoms with E-state index in [0.717, 1.165) is 16.5 Å². The van der Waals surface area contributed by atoms with E-state index in [-0.39, 0.29) is 43.5 Å². The number of carbonyl (C=O) groups excluding carboxylic acids is 3. The number of esters is 2. The van der Waals surface area contributed by atoms with Gasteiger partial charge < -0.3 is 30.2 Å². The Balaban J connectivity index is 1.42. The van der Waals surface area contributed by atoms with Crippen molar-refractivity contribution in [2.45, 2.75) is 103 Å². The molecule has 6 rings (SSSR count).